The Hall–Kier alpha value is -2.62. The second kappa shape index (κ2) is 6.65. The smallest absolute Gasteiger partial charge is 0.258 e. The summed E-state index contributed by atoms with van der Waals surface area (Å²) >= 11 is 0. The van der Waals surface area contributed by atoms with Gasteiger partial charge in [-0.25, -0.2) is 0 Å². The van der Waals surface area contributed by atoms with Crippen LogP contribution in [0.4, 0.5) is 0 Å². The average molecular weight is 309 g/mol. The fourth-order valence-electron chi connectivity index (χ4n) is 2.94. The minimum Gasteiger partial charge on any atom is -0.457 e. The van der Waals surface area contributed by atoms with Crippen molar-refractivity contribution >= 4 is 11.7 Å². The van der Waals surface area contributed by atoms with Crippen molar-refractivity contribution in [1.82, 2.24) is 4.90 Å². The molecule has 0 saturated carbocycles. The Kier molecular flexibility index (Phi) is 4.42. The lowest BCUT2D eigenvalue weighted by molar-refractivity contribution is -0.120. The molecule has 3 rings (SSSR count). The number of Topliss-reactive ketones (excluding diaryl/α,β-unsaturated/α-hetero) is 1. The van der Waals surface area contributed by atoms with E-state index in [1.807, 2.05) is 42.5 Å². The monoisotopic (exact) mass is 309 g/mol. The molecule has 0 aliphatic carbocycles. The van der Waals surface area contributed by atoms with Crippen molar-refractivity contribution in [2.45, 2.75) is 25.8 Å². The fraction of sp³-hybridized carbons (Fsp3) is 0.263. The zero-order valence-electron chi connectivity index (χ0n) is 13.1. The lowest BCUT2D eigenvalue weighted by Gasteiger charge is -2.23. The van der Waals surface area contributed by atoms with E-state index in [4.69, 9.17) is 4.74 Å². The molecule has 0 aromatic heterocycles. The molecular weight excluding hydrogens is 290 g/mol. The molecule has 0 spiro atoms. The second-order valence-corrected chi connectivity index (χ2v) is 5.68. The molecule has 0 radical (unpaired) electrons. The molecule has 1 amide bonds. The lowest BCUT2D eigenvalue weighted by Crippen LogP contribution is -2.39. The number of likely N-dealkylation sites (tertiary alicyclic amines) is 1. The van der Waals surface area contributed by atoms with Gasteiger partial charge in [0, 0.05) is 6.54 Å². The molecule has 4 nitrogen and oxygen atoms in total. The number of ether oxygens (including phenoxy) is 1. The summed E-state index contributed by atoms with van der Waals surface area (Å²) in [5.74, 6) is 1.08. The number of hydrogen-bond donors (Lipinski definition) is 0. The number of carbonyl (C=O) groups excluding carboxylic acids is 2. The van der Waals surface area contributed by atoms with Gasteiger partial charge in [0.2, 0.25) is 0 Å². The molecule has 1 aliphatic rings. The van der Waals surface area contributed by atoms with Crippen molar-refractivity contribution < 1.29 is 14.3 Å². The van der Waals surface area contributed by atoms with Crippen LogP contribution in [0.2, 0.25) is 0 Å². The molecule has 118 valence electrons. The molecule has 0 N–H and O–H groups in total. The number of benzene rings is 2. The van der Waals surface area contributed by atoms with Gasteiger partial charge in [-0.2, -0.15) is 0 Å². The minimum atomic E-state index is -0.313. The minimum absolute atomic E-state index is 0.0392. The number of para-hydroxylation sites is 2. The van der Waals surface area contributed by atoms with Crippen LogP contribution in [-0.2, 0) is 4.79 Å². The van der Waals surface area contributed by atoms with Crippen LogP contribution < -0.4 is 4.74 Å². The van der Waals surface area contributed by atoms with Crippen LogP contribution in [0.25, 0.3) is 0 Å². The number of amides is 1. The number of carbonyl (C=O) groups is 2. The van der Waals surface area contributed by atoms with Crippen LogP contribution >= 0.6 is 0 Å². The largest absolute Gasteiger partial charge is 0.457 e. The summed E-state index contributed by atoms with van der Waals surface area (Å²) in [6, 6.07) is 16.2. The van der Waals surface area contributed by atoms with E-state index < -0.39 is 0 Å². The van der Waals surface area contributed by atoms with Gasteiger partial charge in [-0.05, 0) is 44.0 Å². The Morgan fingerprint density at radius 2 is 1.74 bits per heavy atom. The Labute approximate surface area is 135 Å². The number of nitrogens with zero attached hydrogens (tertiary/aromatic N) is 1. The molecule has 2 aromatic rings. The SMILES string of the molecule is CC(=O)C1CCCN1C(=O)c1ccccc1Oc1ccccc1. The normalized spacial score (nSPS) is 17.1. The van der Waals surface area contributed by atoms with E-state index in [2.05, 4.69) is 0 Å². The molecule has 1 heterocycles. The third-order valence-electron chi connectivity index (χ3n) is 4.07. The van der Waals surface area contributed by atoms with E-state index in [-0.39, 0.29) is 17.7 Å². The summed E-state index contributed by atoms with van der Waals surface area (Å²) in [6.45, 7) is 2.16. The molecule has 0 bridgehead atoms. The van der Waals surface area contributed by atoms with Gasteiger partial charge in [-0.1, -0.05) is 30.3 Å². The summed E-state index contributed by atoms with van der Waals surface area (Å²) in [7, 11) is 0. The van der Waals surface area contributed by atoms with Crippen LogP contribution in [0, 0.1) is 0 Å². The van der Waals surface area contributed by atoms with E-state index in [1.54, 1.807) is 24.0 Å². The van der Waals surface area contributed by atoms with Gasteiger partial charge in [-0.15, -0.1) is 0 Å². The van der Waals surface area contributed by atoms with E-state index in [0.717, 1.165) is 12.8 Å². The third-order valence-corrected chi connectivity index (χ3v) is 4.07. The summed E-state index contributed by atoms with van der Waals surface area (Å²) in [5.41, 5.74) is 0.490. The van der Waals surface area contributed by atoms with E-state index >= 15 is 0 Å². The highest BCUT2D eigenvalue weighted by Crippen LogP contribution is 2.28. The van der Waals surface area contributed by atoms with Gasteiger partial charge >= 0.3 is 0 Å². The molecule has 1 aliphatic heterocycles. The Morgan fingerprint density at radius 1 is 1.04 bits per heavy atom. The molecule has 1 atom stereocenters. The first-order valence-corrected chi connectivity index (χ1v) is 7.80. The molecule has 2 aromatic carbocycles. The molecule has 1 fully saturated rings. The molecule has 1 unspecified atom stereocenters. The quantitative estimate of drug-likeness (QED) is 0.865. The van der Waals surface area contributed by atoms with Crippen molar-refractivity contribution in [3.8, 4) is 11.5 Å². The van der Waals surface area contributed by atoms with Crippen LogP contribution in [0.1, 0.15) is 30.1 Å². The van der Waals surface area contributed by atoms with Crippen LogP contribution in [0.15, 0.2) is 54.6 Å². The highest BCUT2D eigenvalue weighted by molar-refractivity contribution is 6.00. The highest BCUT2D eigenvalue weighted by atomic mass is 16.5. The molecular formula is C19H19NO3. The van der Waals surface area contributed by atoms with Crippen LogP contribution in [0.5, 0.6) is 11.5 Å². The standard InChI is InChI=1S/C19H19NO3/c1-14(21)17-11-7-13-20(17)19(22)16-10-5-6-12-18(16)23-15-8-3-2-4-9-15/h2-6,8-10,12,17H,7,11,13H2,1H3. The summed E-state index contributed by atoms with van der Waals surface area (Å²) in [5, 5.41) is 0. The molecule has 23 heavy (non-hydrogen) atoms. The Balaban J connectivity index is 1.88. The molecule has 1 saturated heterocycles. The Morgan fingerprint density at radius 3 is 2.48 bits per heavy atom. The summed E-state index contributed by atoms with van der Waals surface area (Å²) in [6.07, 6.45) is 1.60. The van der Waals surface area contributed by atoms with Gasteiger partial charge in [-0.3, -0.25) is 9.59 Å². The second-order valence-electron chi connectivity index (χ2n) is 5.68. The predicted octanol–water partition coefficient (Wildman–Crippen LogP) is 3.67. The van der Waals surface area contributed by atoms with Gasteiger partial charge in [0.05, 0.1) is 11.6 Å². The topological polar surface area (TPSA) is 46.6 Å². The first-order chi connectivity index (χ1) is 11.2. The average Bonchev–Trinajstić information content (AvgIpc) is 3.06. The van der Waals surface area contributed by atoms with Crippen LogP contribution in [0.3, 0.4) is 0 Å². The maximum atomic E-state index is 12.9. The van der Waals surface area contributed by atoms with Gasteiger partial charge in [0.15, 0.2) is 5.78 Å². The zero-order valence-corrected chi connectivity index (χ0v) is 13.1. The van der Waals surface area contributed by atoms with Crippen molar-refractivity contribution in [2.24, 2.45) is 0 Å². The summed E-state index contributed by atoms with van der Waals surface area (Å²) in [4.78, 5) is 26.3. The maximum Gasteiger partial charge on any atom is 0.258 e. The van der Waals surface area contributed by atoms with Gasteiger partial charge < -0.3 is 9.64 Å². The van der Waals surface area contributed by atoms with Gasteiger partial charge in [0.1, 0.15) is 11.5 Å². The third kappa shape index (κ3) is 3.26. The van der Waals surface area contributed by atoms with E-state index in [0.29, 0.717) is 23.6 Å². The first-order valence-electron chi connectivity index (χ1n) is 7.80. The van der Waals surface area contributed by atoms with Crippen molar-refractivity contribution in [3.05, 3.63) is 60.2 Å². The Bertz CT molecular complexity index is 712. The lowest BCUT2D eigenvalue weighted by atomic mass is 10.1. The molecule has 4 heteroatoms. The number of rotatable bonds is 4. The van der Waals surface area contributed by atoms with Crippen molar-refractivity contribution in [2.75, 3.05) is 6.54 Å². The zero-order chi connectivity index (χ0) is 16.2. The highest BCUT2D eigenvalue weighted by Gasteiger charge is 2.33. The number of hydrogen-bond acceptors (Lipinski definition) is 3. The van der Waals surface area contributed by atoms with Crippen molar-refractivity contribution in [1.29, 1.82) is 0 Å². The van der Waals surface area contributed by atoms with Gasteiger partial charge in [0.25, 0.3) is 5.91 Å². The maximum absolute atomic E-state index is 12.9. The van der Waals surface area contributed by atoms with E-state index in [9.17, 15) is 9.59 Å². The fourth-order valence-corrected chi connectivity index (χ4v) is 2.94. The first kappa shape index (κ1) is 15.3. The van der Waals surface area contributed by atoms with E-state index in [1.165, 1.54) is 0 Å². The number of ketones is 1. The summed E-state index contributed by atoms with van der Waals surface area (Å²) < 4.78 is 5.85. The predicted molar refractivity (Wildman–Crippen MR) is 87.7 cm³/mol. The van der Waals surface area contributed by atoms with Crippen LogP contribution in [-0.4, -0.2) is 29.2 Å². The van der Waals surface area contributed by atoms with Crippen molar-refractivity contribution in [3.63, 3.8) is 0 Å².